The summed E-state index contributed by atoms with van der Waals surface area (Å²) in [5.74, 6) is 0. The van der Waals surface area contributed by atoms with Gasteiger partial charge in [0.05, 0.1) is 33.0 Å². The third-order valence-corrected chi connectivity index (χ3v) is 7.72. The summed E-state index contributed by atoms with van der Waals surface area (Å²) in [5.41, 5.74) is 0.660. The van der Waals surface area contributed by atoms with E-state index in [0.29, 0.717) is 10.9 Å². The molecule has 0 spiro atoms. The molecule has 10 nitrogen and oxygen atoms in total. The van der Waals surface area contributed by atoms with Crippen LogP contribution in [0.1, 0.15) is 0 Å². The van der Waals surface area contributed by atoms with Gasteiger partial charge in [-0.3, -0.25) is 14.6 Å². The van der Waals surface area contributed by atoms with E-state index in [0.717, 1.165) is 23.1 Å². The summed E-state index contributed by atoms with van der Waals surface area (Å²) >= 11 is 6.55. The number of sulfonamides is 1. The predicted molar refractivity (Wildman–Crippen MR) is 132 cm³/mol. The number of aromatic amines is 1. The lowest BCUT2D eigenvalue weighted by Crippen LogP contribution is -2.33. The Balaban J connectivity index is 1.59. The summed E-state index contributed by atoms with van der Waals surface area (Å²) in [6.45, 7) is 0. The number of nitrogens with zero attached hydrogens (tertiary/aromatic N) is 1. The molecule has 4 rings (SSSR count). The van der Waals surface area contributed by atoms with Crippen LogP contribution >= 0.6 is 22.9 Å². The molecule has 0 saturated heterocycles. The maximum absolute atomic E-state index is 13.1. The van der Waals surface area contributed by atoms with Crippen molar-refractivity contribution in [3.63, 3.8) is 0 Å². The Labute approximate surface area is 201 Å². The van der Waals surface area contributed by atoms with Crippen LogP contribution in [-0.4, -0.2) is 31.5 Å². The van der Waals surface area contributed by atoms with E-state index in [9.17, 15) is 22.8 Å². The van der Waals surface area contributed by atoms with E-state index in [2.05, 4.69) is 20.6 Å². The molecule has 4 N–H and O–H groups in total. The number of amides is 2. The molecule has 0 aliphatic carbocycles. The number of rotatable bonds is 5. The van der Waals surface area contributed by atoms with Gasteiger partial charge in [-0.25, -0.2) is 17.9 Å². The minimum absolute atomic E-state index is 0.0709. The van der Waals surface area contributed by atoms with Crippen LogP contribution in [0.5, 0.6) is 0 Å². The number of nitrogens with one attached hydrogen (secondary N) is 4. The van der Waals surface area contributed by atoms with Gasteiger partial charge in [-0.05, 0) is 42.5 Å². The van der Waals surface area contributed by atoms with Gasteiger partial charge in [0.2, 0.25) is 5.56 Å². The average molecular weight is 518 g/mol. The zero-order chi connectivity index (χ0) is 24.5. The molecular weight excluding hydrogens is 502 g/mol. The average Bonchev–Trinajstić information content (AvgIpc) is 3.19. The van der Waals surface area contributed by atoms with Crippen molar-refractivity contribution in [3.05, 3.63) is 79.6 Å². The lowest BCUT2D eigenvalue weighted by Gasteiger charge is -2.07. The number of hydrogen-bond donors (Lipinski definition) is 4. The molecule has 1 aromatic carbocycles. The van der Waals surface area contributed by atoms with Gasteiger partial charge in [-0.1, -0.05) is 11.6 Å². The van der Waals surface area contributed by atoms with E-state index in [-0.39, 0.29) is 25.5 Å². The van der Waals surface area contributed by atoms with Gasteiger partial charge in [-0.2, -0.15) is 0 Å². The van der Waals surface area contributed by atoms with Crippen molar-refractivity contribution >= 4 is 61.3 Å². The SMILES string of the molecule is CNc1ccc2c(=O)c(-c3ccc(NC(=O)NS(=O)(=O)c4ccc(Cl)s4)cn3)cc(=O)[nH]c2c1. The number of benzene rings is 1. The summed E-state index contributed by atoms with van der Waals surface area (Å²) in [4.78, 5) is 44.4. The maximum Gasteiger partial charge on any atom is 0.333 e. The second-order valence-corrected chi connectivity index (χ2v) is 10.6. The van der Waals surface area contributed by atoms with Crippen molar-refractivity contribution < 1.29 is 13.2 Å². The van der Waals surface area contributed by atoms with Crippen LogP contribution in [0.4, 0.5) is 16.2 Å². The molecule has 0 fully saturated rings. The van der Waals surface area contributed by atoms with Crippen molar-refractivity contribution in [2.24, 2.45) is 0 Å². The molecule has 3 aromatic heterocycles. The molecule has 34 heavy (non-hydrogen) atoms. The first kappa shape index (κ1) is 23.4. The summed E-state index contributed by atoms with van der Waals surface area (Å²) in [6.07, 6.45) is 1.24. The highest BCUT2D eigenvalue weighted by molar-refractivity contribution is 7.92. The van der Waals surface area contributed by atoms with Crippen LogP contribution in [0.2, 0.25) is 4.34 Å². The molecule has 174 valence electrons. The molecular formula is C21H16ClN5O5S2. The van der Waals surface area contributed by atoms with Crippen molar-refractivity contribution in [3.8, 4) is 11.3 Å². The third-order valence-electron chi connectivity index (χ3n) is 4.67. The van der Waals surface area contributed by atoms with Gasteiger partial charge in [0, 0.05) is 24.2 Å². The molecule has 4 aromatic rings. The monoisotopic (exact) mass is 517 g/mol. The summed E-state index contributed by atoms with van der Waals surface area (Å²) in [7, 11) is -2.37. The number of fused-ring (bicyclic) bond motifs is 1. The Morgan fingerprint density at radius 2 is 1.82 bits per heavy atom. The molecule has 0 radical (unpaired) electrons. The maximum atomic E-state index is 13.1. The Kier molecular flexibility index (Phi) is 6.37. The van der Waals surface area contributed by atoms with Crippen LogP contribution in [0, 0.1) is 0 Å². The summed E-state index contributed by atoms with van der Waals surface area (Å²) in [6, 6.07) is 10.7. The van der Waals surface area contributed by atoms with Gasteiger partial charge in [0.25, 0.3) is 10.0 Å². The van der Waals surface area contributed by atoms with E-state index in [1.54, 1.807) is 25.2 Å². The molecule has 0 aliphatic rings. The van der Waals surface area contributed by atoms with Crippen LogP contribution < -0.4 is 26.3 Å². The van der Waals surface area contributed by atoms with Gasteiger partial charge in [0.15, 0.2) is 5.43 Å². The smallest absolute Gasteiger partial charge is 0.333 e. The lowest BCUT2D eigenvalue weighted by molar-refractivity contribution is 0.256. The first-order chi connectivity index (χ1) is 16.2. The number of H-pyrrole nitrogens is 1. The molecule has 0 saturated carbocycles. The van der Waals surface area contributed by atoms with E-state index in [1.165, 1.54) is 30.5 Å². The second-order valence-electron chi connectivity index (χ2n) is 6.94. The number of carbonyl (C=O) groups is 1. The number of urea groups is 1. The number of carbonyl (C=O) groups excluding carboxylic acids is 1. The fourth-order valence-electron chi connectivity index (χ4n) is 3.10. The number of pyridine rings is 1. The largest absolute Gasteiger partial charge is 0.388 e. The lowest BCUT2D eigenvalue weighted by atomic mass is 10.1. The van der Waals surface area contributed by atoms with E-state index in [4.69, 9.17) is 11.6 Å². The molecule has 13 heteroatoms. The van der Waals surface area contributed by atoms with Crippen LogP contribution in [0.25, 0.3) is 22.2 Å². The van der Waals surface area contributed by atoms with Crippen molar-refractivity contribution in [1.82, 2.24) is 14.7 Å². The predicted octanol–water partition coefficient (Wildman–Crippen LogP) is 3.22. The fourth-order valence-corrected chi connectivity index (χ4v) is 5.49. The first-order valence-electron chi connectivity index (χ1n) is 9.61. The van der Waals surface area contributed by atoms with Crippen molar-refractivity contribution in [1.29, 1.82) is 0 Å². The molecule has 0 unspecified atom stereocenters. The second kappa shape index (κ2) is 9.25. The standard InChI is InChI=1S/C21H16ClN5O5S2/c1-23-11-2-4-13-16(8-11)26-18(28)9-14(20(13)29)15-5-3-12(10-24-15)25-21(30)27-34(31,32)19-7-6-17(22)33-19/h2-10,23H,1H3,(H,26,28)(H2,25,27,30). The molecule has 3 heterocycles. The van der Waals surface area contributed by atoms with E-state index >= 15 is 0 Å². The minimum atomic E-state index is -4.09. The van der Waals surface area contributed by atoms with Crippen LogP contribution in [-0.2, 0) is 10.0 Å². The van der Waals surface area contributed by atoms with Crippen LogP contribution in [0.3, 0.4) is 0 Å². The van der Waals surface area contributed by atoms with Gasteiger partial charge in [-0.15, -0.1) is 11.3 Å². The zero-order valence-electron chi connectivity index (χ0n) is 17.4. The third kappa shape index (κ3) is 4.93. The highest BCUT2D eigenvalue weighted by Crippen LogP contribution is 2.25. The number of hydrogen-bond acceptors (Lipinski definition) is 8. The van der Waals surface area contributed by atoms with Gasteiger partial charge < -0.3 is 15.6 Å². The molecule has 2 amide bonds. The zero-order valence-corrected chi connectivity index (χ0v) is 19.8. The van der Waals surface area contributed by atoms with Gasteiger partial charge in [0.1, 0.15) is 4.21 Å². The minimum Gasteiger partial charge on any atom is -0.388 e. The molecule has 0 atom stereocenters. The highest BCUT2D eigenvalue weighted by atomic mass is 35.5. The quantitative estimate of drug-likeness (QED) is 0.317. The van der Waals surface area contributed by atoms with Crippen molar-refractivity contribution in [2.75, 3.05) is 17.7 Å². The topological polar surface area (TPSA) is 150 Å². The van der Waals surface area contributed by atoms with E-state index in [1.807, 2.05) is 4.72 Å². The van der Waals surface area contributed by atoms with Gasteiger partial charge >= 0.3 is 6.03 Å². The number of halogens is 1. The Morgan fingerprint density at radius 1 is 1.06 bits per heavy atom. The van der Waals surface area contributed by atoms with E-state index < -0.39 is 27.0 Å². The highest BCUT2D eigenvalue weighted by Gasteiger charge is 2.20. The van der Waals surface area contributed by atoms with Crippen molar-refractivity contribution in [2.45, 2.75) is 4.21 Å². The Hall–Kier alpha value is -3.74. The molecule has 0 aliphatic heterocycles. The Morgan fingerprint density at radius 3 is 2.47 bits per heavy atom. The number of thiophene rings is 1. The first-order valence-corrected chi connectivity index (χ1v) is 12.3. The Bertz CT molecular complexity index is 1630. The summed E-state index contributed by atoms with van der Waals surface area (Å²) in [5, 5.41) is 5.60. The fraction of sp³-hybridized carbons (Fsp3) is 0.0476. The number of aromatic nitrogens is 2. The normalized spacial score (nSPS) is 11.2. The van der Waals surface area contributed by atoms with Crippen LogP contribution in [0.15, 0.2) is 68.5 Å². The molecule has 0 bridgehead atoms. The summed E-state index contributed by atoms with van der Waals surface area (Å²) < 4.78 is 26.5. The number of anilines is 2.